The molecule has 16 heavy (non-hydrogen) atoms. The van der Waals surface area contributed by atoms with E-state index in [0.29, 0.717) is 5.69 Å². The first kappa shape index (κ1) is 12.0. The number of rotatable bonds is 4. The van der Waals surface area contributed by atoms with Crippen molar-refractivity contribution in [2.75, 3.05) is 18.4 Å². The Morgan fingerprint density at radius 2 is 2.31 bits per heavy atom. The molecule has 0 bridgehead atoms. The fraction of sp³-hybridized carbons (Fsp3) is 0.273. The molecule has 0 unspecified atom stereocenters. The number of carbonyl (C=O) groups is 1. The fourth-order valence-electron chi connectivity index (χ4n) is 1.20. The third kappa shape index (κ3) is 3.58. The molecule has 84 valence electrons. The lowest BCUT2D eigenvalue weighted by Gasteiger charge is -2.08. The van der Waals surface area contributed by atoms with E-state index in [4.69, 9.17) is 5.26 Å². The molecule has 1 rings (SSSR count). The molecule has 0 aliphatic heterocycles. The predicted molar refractivity (Wildman–Crippen MR) is 58.2 cm³/mol. The van der Waals surface area contributed by atoms with Crippen molar-refractivity contribution in [3.63, 3.8) is 0 Å². The molecular formula is C11H12FN3O. The van der Waals surface area contributed by atoms with E-state index in [1.807, 2.05) is 0 Å². The highest BCUT2D eigenvalue weighted by Crippen LogP contribution is 2.14. The van der Waals surface area contributed by atoms with Crippen LogP contribution in [0.1, 0.15) is 5.56 Å². The quantitative estimate of drug-likeness (QED) is 0.750. The number of nitrogens with zero attached hydrogens (tertiary/aromatic N) is 1. The maximum absolute atomic E-state index is 12.8. The van der Waals surface area contributed by atoms with Gasteiger partial charge in [-0.3, -0.25) is 4.79 Å². The second-order valence-corrected chi connectivity index (χ2v) is 3.25. The summed E-state index contributed by atoms with van der Waals surface area (Å²) in [6.45, 7) is 1.80. The van der Waals surface area contributed by atoms with Crippen LogP contribution in [0.5, 0.6) is 0 Å². The van der Waals surface area contributed by atoms with Crippen LogP contribution in [0.2, 0.25) is 0 Å². The standard InChI is InChI=1S/C11H12FN3O/c1-8-6-9(12)2-3-10(8)15-7-11(16)14-5-4-13/h2-3,6,15H,5,7H2,1H3,(H,14,16). The molecule has 0 atom stereocenters. The number of carbonyl (C=O) groups excluding carboxylic acids is 1. The Kier molecular flexibility index (Phi) is 4.28. The van der Waals surface area contributed by atoms with Crippen LogP contribution in [-0.4, -0.2) is 19.0 Å². The maximum atomic E-state index is 12.8. The van der Waals surface area contributed by atoms with Gasteiger partial charge in [0.15, 0.2) is 0 Å². The summed E-state index contributed by atoms with van der Waals surface area (Å²) in [6, 6.07) is 6.08. The van der Waals surface area contributed by atoms with Gasteiger partial charge in [0.1, 0.15) is 12.4 Å². The molecule has 0 aromatic heterocycles. The Balaban J connectivity index is 2.49. The zero-order valence-electron chi connectivity index (χ0n) is 8.88. The van der Waals surface area contributed by atoms with E-state index in [1.165, 1.54) is 12.1 Å². The van der Waals surface area contributed by atoms with E-state index in [9.17, 15) is 9.18 Å². The number of hydrogen-bond donors (Lipinski definition) is 2. The molecule has 0 saturated heterocycles. The highest BCUT2D eigenvalue weighted by molar-refractivity contribution is 5.81. The first-order valence-corrected chi connectivity index (χ1v) is 4.77. The maximum Gasteiger partial charge on any atom is 0.240 e. The van der Waals surface area contributed by atoms with Crippen LogP contribution in [0.4, 0.5) is 10.1 Å². The van der Waals surface area contributed by atoms with Gasteiger partial charge in [-0.1, -0.05) is 0 Å². The summed E-state index contributed by atoms with van der Waals surface area (Å²) in [4.78, 5) is 11.2. The summed E-state index contributed by atoms with van der Waals surface area (Å²) < 4.78 is 12.8. The summed E-state index contributed by atoms with van der Waals surface area (Å²) in [5.41, 5.74) is 1.43. The predicted octanol–water partition coefficient (Wildman–Crippen LogP) is 1.19. The topological polar surface area (TPSA) is 64.9 Å². The zero-order chi connectivity index (χ0) is 12.0. The molecular weight excluding hydrogens is 209 g/mol. The largest absolute Gasteiger partial charge is 0.376 e. The van der Waals surface area contributed by atoms with Gasteiger partial charge in [0.25, 0.3) is 0 Å². The lowest BCUT2D eigenvalue weighted by molar-refractivity contribution is -0.119. The van der Waals surface area contributed by atoms with E-state index in [1.54, 1.807) is 19.1 Å². The van der Waals surface area contributed by atoms with E-state index in [-0.39, 0.29) is 24.8 Å². The van der Waals surface area contributed by atoms with Gasteiger partial charge in [-0.05, 0) is 30.7 Å². The van der Waals surface area contributed by atoms with Crippen LogP contribution in [0.25, 0.3) is 0 Å². The van der Waals surface area contributed by atoms with Crippen molar-refractivity contribution in [2.45, 2.75) is 6.92 Å². The van der Waals surface area contributed by atoms with Crippen molar-refractivity contribution >= 4 is 11.6 Å². The average molecular weight is 221 g/mol. The van der Waals surface area contributed by atoms with Gasteiger partial charge >= 0.3 is 0 Å². The summed E-state index contributed by atoms with van der Waals surface area (Å²) in [5, 5.41) is 13.5. The van der Waals surface area contributed by atoms with Crippen molar-refractivity contribution in [2.24, 2.45) is 0 Å². The molecule has 0 aliphatic rings. The highest BCUT2D eigenvalue weighted by atomic mass is 19.1. The van der Waals surface area contributed by atoms with Gasteiger partial charge in [0.05, 0.1) is 12.6 Å². The third-order valence-corrected chi connectivity index (χ3v) is 1.99. The van der Waals surface area contributed by atoms with E-state index in [2.05, 4.69) is 10.6 Å². The molecule has 1 aromatic carbocycles. The van der Waals surface area contributed by atoms with Crippen LogP contribution in [0.3, 0.4) is 0 Å². The van der Waals surface area contributed by atoms with Crippen molar-refractivity contribution in [1.82, 2.24) is 5.32 Å². The second-order valence-electron chi connectivity index (χ2n) is 3.25. The highest BCUT2D eigenvalue weighted by Gasteiger charge is 2.02. The van der Waals surface area contributed by atoms with Crippen molar-refractivity contribution in [1.29, 1.82) is 5.26 Å². The molecule has 0 fully saturated rings. The summed E-state index contributed by atoms with van der Waals surface area (Å²) in [5.74, 6) is -0.581. The molecule has 0 heterocycles. The Morgan fingerprint density at radius 3 is 2.94 bits per heavy atom. The number of nitrogens with one attached hydrogen (secondary N) is 2. The van der Waals surface area contributed by atoms with Crippen LogP contribution < -0.4 is 10.6 Å². The van der Waals surface area contributed by atoms with E-state index >= 15 is 0 Å². The monoisotopic (exact) mass is 221 g/mol. The second kappa shape index (κ2) is 5.71. The minimum absolute atomic E-state index is 0.0110. The van der Waals surface area contributed by atoms with Crippen molar-refractivity contribution in [3.8, 4) is 6.07 Å². The fourth-order valence-corrected chi connectivity index (χ4v) is 1.20. The summed E-state index contributed by atoms with van der Waals surface area (Å²) in [6.07, 6.45) is 0. The number of aryl methyl sites for hydroxylation is 1. The molecule has 0 saturated carbocycles. The number of benzene rings is 1. The molecule has 1 aromatic rings. The Labute approximate surface area is 93.1 Å². The van der Waals surface area contributed by atoms with Crippen LogP contribution in [0.15, 0.2) is 18.2 Å². The normalized spacial score (nSPS) is 9.31. The molecule has 2 N–H and O–H groups in total. The van der Waals surface area contributed by atoms with Crippen LogP contribution in [-0.2, 0) is 4.79 Å². The summed E-state index contributed by atoms with van der Waals surface area (Å²) >= 11 is 0. The van der Waals surface area contributed by atoms with Crippen molar-refractivity contribution in [3.05, 3.63) is 29.6 Å². The first-order chi connectivity index (χ1) is 7.63. The Morgan fingerprint density at radius 1 is 1.56 bits per heavy atom. The van der Waals surface area contributed by atoms with Gasteiger partial charge in [0, 0.05) is 5.69 Å². The molecule has 0 aliphatic carbocycles. The summed E-state index contributed by atoms with van der Waals surface area (Å²) in [7, 11) is 0. The van der Waals surface area contributed by atoms with Crippen molar-refractivity contribution < 1.29 is 9.18 Å². The van der Waals surface area contributed by atoms with E-state index < -0.39 is 0 Å². The number of hydrogen-bond acceptors (Lipinski definition) is 3. The zero-order valence-corrected chi connectivity index (χ0v) is 8.88. The molecule has 1 amide bonds. The van der Waals surface area contributed by atoms with Gasteiger partial charge in [0.2, 0.25) is 5.91 Å². The number of nitriles is 1. The Bertz CT molecular complexity index is 426. The minimum atomic E-state index is -0.308. The molecule has 4 nitrogen and oxygen atoms in total. The molecule has 5 heteroatoms. The van der Waals surface area contributed by atoms with Gasteiger partial charge in [-0.15, -0.1) is 0 Å². The smallest absolute Gasteiger partial charge is 0.240 e. The van der Waals surface area contributed by atoms with Crippen LogP contribution in [0, 0.1) is 24.1 Å². The molecule has 0 radical (unpaired) electrons. The van der Waals surface area contributed by atoms with Gasteiger partial charge in [-0.25, -0.2) is 4.39 Å². The lowest BCUT2D eigenvalue weighted by Crippen LogP contribution is -2.30. The third-order valence-electron chi connectivity index (χ3n) is 1.99. The SMILES string of the molecule is Cc1cc(F)ccc1NCC(=O)NCC#N. The average Bonchev–Trinajstić information content (AvgIpc) is 2.25. The van der Waals surface area contributed by atoms with Gasteiger partial charge < -0.3 is 10.6 Å². The number of halogens is 1. The van der Waals surface area contributed by atoms with Gasteiger partial charge in [-0.2, -0.15) is 5.26 Å². The molecule has 0 spiro atoms. The Hall–Kier alpha value is -2.09. The number of anilines is 1. The lowest BCUT2D eigenvalue weighted by atomic mass is 10.2. The number of amides is 1. The van der Waals surface area contributed by atoms with Crippen LogP contribution >= 0.6 is 0 Å². The van der Waals surface area contributed by atoms with E-state index in [0.717, 1.165) is 5.56 Å². The first-order valence-electron chi connectivity index (χ1n) is 4.77. The minimum Gasteiger partial charge on any atom is -0.376 e.